The van der Waals surface area contributed by atoms with E-state index < -0.39 is 16.0 Å². The summed E-state index contributed by atoms with van der Waals surface area (Å²) in [5.74, 6) is 0.677. The van der Waals surface area contributed by atoms with Gasteiger partial charge in [-0.3, -0.25) is 4.84 Å². The van der Waals surface area contributed by atoms with Crippen molar-refractivity contribution in [3.63, 3.8) is 0 Å². The fraction of sp³-hybridized carbons (Fsp3) is 0.278. The summed E-state index contributed by atoms with van der Waals surface area (Å²) in [6, 6.07) is 12.5. The molecule has 9 heteroatoms. The summed E-state index contributed by atoms with van der Waals surface area (Å²) in [7, 11) is 0.224. The number of hydrogen-bond donors (Lipinski definition) is 0. The SMILES string of the molecule is COc1ccc(OCCOC(=O)c2cccc(S(=O)(=O)N(C)OC)c2)cc1. The van der Waals surface area contributed by atoms with Gasteiger partial charge in [0.05, 0.1) is 24.7 Å². The van der Waals surface area contributed by atoms with Gasteiger partial charge in [0.1, 0.15) is 24.7 Å². The van der Waals surface area contributed by atoms with E-state index in [9.17, 15) is 13.2 Å². The van der Waals surface area contributed by atoms with Gasteiger partial charge in [0, 0.05) is 7.05 Å². The van der Waals surface area contributed by atoms with Gasteiger partial charge in [0.2, 0.25) is 0 Å². The third kappa shape index (κ3) is 5.43. The zero-order valence-corrected chi connectivity index (χ0v) is 16.1. The Bertz CT molecular complexity index is 866. The highest BCUT2D eigenvalue weighted by Crippen LogP contribution is 2.18. The van der Waals surface area contributed by atoms with Crippen LogP contribution in [0.2, 0.25) is 0 Å². The summed E-state index contributed by atoms with van der Waals surface area (Å²) >= 11 is 0. The first-order chi connectivity index (χ1) is 12.9. The zero-order chi connectivity index (χ0) is 19.9. The van der Waals surface area contributed by atoms with Crippen LogP contribution in [-0.2, 0) is 19.6 Å². The highest BCUT2D eigenvalue weighted by Gasteiger charge is 2.22. The number of rotatable bonds is 9. The van der Waals surface area contributed by atoms with E-state index in [1.54, 1.807) is 31.4 Å². The fourth-order valence-corrected chi connectivity index (χ4v) is 3.10. The maximum atomic E-state index is 12.2. The van der Waals surface area contributed by atoms with Crippen molar-refractivity contribution in [2.24, 2.45) is 0 Å². The fourth-order valence-electron chi connectivity index (χ4n) is 2.08. The predicted molar refractivity (Wildman–Crippen MR) is 97.2 cm³/mol. The zero-order valence-electron chi connectivity index (χ0n) is 15.2. The third-order valence-electron chi connectivity index (χ3n) is 3.61. The van der Waals surface area contributed by atoms with Crippen molar-refractivity contribution in [3.8, 4) is 11.5 Å². The van der Waals surface area contributed by atoms with Crippen molar-refractivity contribution < 1.29 is 32.3 Å². The van der Waals surface area contributed by atoms with E-state index in [0.29, 0.717) is 16.0 Å². The van der Waals surface area contributed by atoms with Crippen LogP contribution in [-0.4, -0.2) is 53.3 Å². The van der Waals surface area contributed by atoms with Crippen molar-refractivity contribution in [1.82, 2.24) is 4.47 Å². The Morgan fingerprint density at radius 2 is 1.67 bits per heavy atom. The number of ether oxygens (including phenoxy) is 3. The first-order valence-electron chi connectivity index (χ1n) is 7.95. The molecule has 0 aliphatic heterocycles. The van der Waals surface area contributed by atoms with Gasteiger partial charge < -0.3 is 14.2 Å². The molecule has 146 valence electrons. The molecule has 2 aromatic carbocycles. The van der Waals surface area contributed by atoms with Gasteiger partial charge in [-0.05, 0) is 42.5 Å². The number of hydroxylamine groups is 1. The highest BCUT2D eigenvalue weighted by molar-refractivity contribution is 7.89. The summed E-state index contributed by atoms with van der Waals surface area (Å²) in [5.41, 5.74) is 0.116. The van der Waals surface area contributed by atoms with Crippen LogP contribution in [0.25, 0.3) is 0 Å². The molecule has 0 atom stereocenters. The summed E-state index contributed by atoms with van der Waals surface area (Å²) in [5, 5.41) is 0. The second-order valence-corrected chi connectivity index (χ2v) is 7.22. The normalized spacial score (nSPS) is 11.3. The minimum Gasteiger partial charge on any atom is -0.497 e. The summed E-state index contributed by atoms with van der Waals surface area (Å²) in [4.78, 5) is 16.8. The lowest BCUT2D eigenvalue weighted by atomic mass is 10.2. The van der Waals surface area contributed by atoms with E-state index in [1.165, 1.54) is 38.4 Å². The molecule has 0 spiro atoms. The van der Waals surface area contributed by atoms with Gasteiger partial charge in [-0.1, -0.05) is 10.5 Å². The van der Waals surface area contributed by atoms with Crippen LogP contribution in [0.5, 0.6) is 11.5 Å². The smallest absolute Gasteiger partial charge is 0.338 e. The van der Waals surface area contributed by atoms with Gasteiger partial charge in [-0.2, -0.15) is 0 Å². The molecule has 0 amide bonds. The molecule has 0 aromatic heterocycles. The van der Waals surface area contributed by atoms with Gasteiger partial charge in [0.25, 0.3) is 10.0 Å². The number of carbonyl (C=O) groups is 1. The Hall–Kier alpha value is -2.62. The van der Waals surface area contributed by atoms with Crippen LogP contribution in [0.15, 0.2) is 53.4 Å². The monoisotopic (exact) mass is 395 g/mol. The molecular weight excluding hydrogens is 374 g/mol. The first-order valence-corrected chi connectivity index (χ1v) is 9.39. The van der Waals surface area contributed by atoms with Crippen molar-refractivity contribution in [1.29, 1.82) is 0 Å². The third-order valence-corrected chi connectivity index (χ3v) is 5.28. The Morgan fingerprint density at radius 3 is 2.30 bits per heavy atom. The molecule has 2 rings (SSSR count). The van der Waals surface area contributed by atoms with Crippen LogP contribution in [0.4, 0.5) is 0 Å². The lowest BCUT2D eigenvalue weighted by Crippen LogP contribution is -2.26. The molecule has 0 radical (unpaired) electrons. The van der Waals surface area contributed by atoms with E-state index in [1.807, 2.05) is 0 Å². The molecule has 0 N–H and O–H groups in total. The molecule has 0 unspecified atom stereocenters. The molecule has 0 fully saturated rings. The molecule has 0 saturated heterocycles. The standard InChI is InChI=1S/C18H21NO7S/c1-19(24-3)27(21,22)17-6-4-5-14(13-17)18(20)26-12-11-25-16-9-7-15(23-2)8-10-16/h4-10,13H,11-12H2,1-3H3. The highest BCUT2D eigenvalue weighted by atomic mass is 32.2. The average Bonchev–Trinajstić information content (AvgIpc) is 2.70. The minimum absolute atomic E-state index is 0.0137. The number of benzene rings is 2. The molecule has 8 nitrogen and oxygen atoms in total. The number of esters is 1. The Kier molecular flexibility index (Phi) is 7.17. The van der Waals surface area contributed by atoms with E-state index in [0.717, 1.165) is 0 Å². The number of methoxy groups -OCH3 is 1. The van der Waals surface area contributed by atoms with Crippen molar-refractivity contribution in [3.05, 3.63) is 54.1 Å². The molecule has 0 heterocycles. The number of sulfonamides is 1. The molecule has 2 aromatic rings. The molecule has 0 aliphatic carbocycles. The van der Waals surface area contributed by atoms with Crippen LogP contribution < -0.4 is 9.47 Å². The lowest BCUT2D eigenvalue weighted by Gasteiger charge is -2.14. The largest absolute Gasteiger partial charge is 0.497 e. The average molecular weight is 395 g/mol. The van der Waals surface area contributed by atoms with Gasteiger partial charge in [0.15, 0.2) is 0 Å². The summed E-state index contributed by atoms with van der Waals surface area (Å²) < 4.78 is 40.8. The van der Waals surface area contributed by atoms with Gasteiger partial charge >= 0.3 is 5.97 Å². The Labute approximate surface area is 158 Å². The van der Waals surface area contributed by atoms with Crippen molar-refractivity contribution >= 4 is 16.0 Å². The van der Waals surface area contributed by atoms with Crippen molar-refractivity contribution in [2.45, 2.75) is 4.90 Å². The molecule has 0 saturated carbocycles. The summed E-state index contributed by atoms with van der Waals surface area (Å²) in [6.07, 6.45) is 0. The number of carbonyl (C=O) groups excluding carboxylic acids is 1. The Balaban J connectivity index is 1.91. The molecule has 0 aliphatic rings. The quantitative estimate of drug-likeness (QED) is 0.365. The Morgan fingerprint density at radius 1 is 1.00 bits per heavy atom. The van der Waals surface area contributed by atoms with Crippen LogP contribution in [0, 0.1) is 0 Å². The minimum atomic E-state index is -3.84. The van der Waals surface area contributed by atoms with Gasteiger partial charge in [-0.25, -0.2) is 13.2 Å². The van der Waals surface area contributed by atoms with Crippen molar-refractivity contribution in [2.75, 3.05) is 34.5 Å². The predicted octanol–water partition coefficient (Wildman–Crippen LogP) is 2.11. The van der Waals surface area contributed by atoms with Crippen LogP contribution in [0.3, 0.4) is 0 Å². The first kappa shape index (κ1) is 20.7. The molecule has 0 bridgehead atoms. The second-order valence-electron chi connectivity index (χ2n) is 5.29. The molecular formula is C18H21NO7S. The van der Waals surface area contributed by atoms with E-state index in [2.05, 4.69) is 0 Å². The number of hydrogen-bond acceptors (Lipinski definition) is 7. The maximum absolute atomic E-state index is 12.2. The number of nitrogens with zero attached hydrogens (tertiary/aromatic N) is 1. The summed E-state index contributed by atoms with van der Waals surface area (Å²) in [6.45, 7) is 0.169. The van der Waals surface area contributed by atoms with Crippen LogP contribution in [0.1, 0.15) is 10.4 Å². The maximum Gasteiger partial charge on any atom is 0.338 e. The van der Waals surface area contributed by atoms with E-state index >= 15 is 0 Å². The van der Waals surface area contributed by atoms with E-state index in [4.69, 9.17) is 19.0 Å². The van der Waals surface area contributed by atoms with Gasteiger partial charge in [-0.15, -0.1) is 0 Å². The molecule has 27 heavy (non-hydrogen) atoms. The topological polar surface area (TPSA) is 91.4 Å². The second kappa shape index (κ2) is 9.36. The lowest BCUT2D eigenvalue weighted by molar-refractivity contribution is -0.0258. The van der Waals surface area contributed by atoms with Crippen LogP contribution >= 0.6 is 0 Å². The van der Waals surface area contributed by atoms with E-state index in [-0.39, 0.29) is 23.7 Å².